The second-order valence-electron chi connectivity index (χ2n) is 8.91. The van der Waals surface area contributed by atoms with Crippen molar-refractivity contribution in [2.75, 3.05) is 28.2 Å². The van der Waals surface area contributed by atoms with Crippen molar-refractivity contribution < 1.29 is 14.4 Å². The second kappa shape index (κ2) is 9.15. The Morgan fingerprint density at radius 3 is 2.56 bits per heavy atom. The molecule has 2 heterocycles. The van der Waals surface area contributed by atoms with Gasteiger partial charge in [0.15, 0.2) is 0 Å². The van der Waals surface area contributed by atoms with Crippen molar-refractivity contribution >= 4 is 34.8 Å². The zero-order valence-corrected chi connectivity index (χ0v) is 19.1. The van der Waals surface area contributed by atoms with Crippen molar-refractivity contribution in [3.63, 3.8) is 0 Å². The Morgan fingerprint density at radius 1 is 1.09 bits per heavy atom. The summed E-state index contributed by atoms with van der Waals surface area (Å²) >= 11 is 0. The van der Waals surface area contributed by atoms with Gasteiger partial charge in [-0.2, -0.15) is 0 Å². The van der Waals surface area contributed by atoms with Crippen LogP contribution in [0.2, 0.25) is 0 Å². The van der Waals surface area contributed by atoms with Gasteiger partial charge in [-0.1, -0.05) is 32.0 Å². The Hall–Kier alpha value is -3.15. The summed E-state index contributed by atoms with van der Waals surface area (Å²) in [5.74, 6) is -0.0677. The molecule has 0 spiro atoms. The van der Waals surface area contributed by atoms with Gasteiger partial charge in [-0.05, 0) is 61.1 Å². The first-order chi connectivity index (χ1) is 15.4. The number of aryl methyl sites for hydroxylation is 1. The predicted molar refractivity (Wildman–Crippen MR) is 127 cm³/mol. The highest BCUT2D eigenvalue weighted by atomic mass is 16.2. The number of nitrogens with zero attached hydrogens (tertiary/aromatic N) is 2. The quantitative estimate of drug-likeness (QED) is 0.722. The summed E-state index contributed by atoms with van der Waals surface area (Å²) < 4.78 is 0. The average molecular weight is 434 g/mol. The molecule has 0 aromatic heterocycles. The maximum absolute atomic E-state index is 13.0. The van der Waals surface area contributed by atoms with Gasteiger partial charge in [0.1, 0.15) is 0 Å². The third kappa shape index (κ3) is 4.27. The topological polar surface area (TPSA) is 69.7 Å². The van der Waals surface area contributed by atoms with Crippen LogP contribution in [0.4, 0.5) is 17.1 Å². The molecule has 2 aromatic rings. The van der Waals surface area contributed by atoms with Gasteiger partial charge in [-0.15, -0.1) is 0 Å². The maximum atomic E-state index is 13.0. The molecule has 2 fully saturated rings. The minimum atomic E-state index is -0.396. The number of carbonyl (C=O) groups excluding carboxylic acids is 3. The first-order valence-electron chi connectivity index (χ1n) is 11.5. The van der Waals surface area contributed by atoms with Gasteiger partial charge in [0.2, 0.25) is 17.7 Å². The summed E-state index contributed by atoms with van der Waals surface area (Å²) in [7, 11) is 0. The Bertz CT molecular complexity index is 1050. The number of rotatable bonds is 6. The Kier molecular flexibility index (Phi) is 6.31. The van der Waals surface area contributed by atoms with Crippen LogP contribution in [0.5, 0.6) is 0 Å². The van der Waals surface area contributed by atoms with Crippen LogP contribution >= 0.6 is 0 Å². The number of nitrogens with one attached hydrogen (secondary N) is 1. The molecule has 32 heavy (non-hydrogen) atoms. The molecule has 2 saturated heterocycles. The third-order valence-electron chi connectivity index (χ3n) is 6.70. The van der Waals surface area contributed by atoms with E-state index in [0.29, 0.717) is 24.6 Å². The molecule has 0 bridgehead atoms. The summed E-state index contributed by atoms with van der Waals surface area (Å²) in [6, 6.07) is 13.6. The molecule has 1 N–H and O–H groups in total. The smallest absolute Gasteiger partial charge is 0.229 e. The lowest BCUT2D eigenvalue weighted by atomic mass is 9.96. The van der Waals surface area contributed by atoms with Gasteiger partial charge < -0.3 is 15.1 Å². The molecule has 0 aliphatic carbocycles. The Labute approximate surface area is 189 Å². The minimum absolute atomic E-state index is 0.0139. The molecule has 3 amide bonds. The lowest BCUT2D eigenvalue weighted by Crippen LogP contribution is -2.29. The molecular weight excluding hydrogens is 402 g/mol. The molecule has 4 rings (SSSR count). The number of para-hydroxylation sites is 1. The van der Waals surface area contributed by atoms with E-state index in [2.05, 4.69) is 25.2 Å². The maximum Gasteiger partial charge on any atom is 0.229 e. The SMILES string of the molecule is CC[C@@H](C)c1ccccc1N1C[C@H](C(=O)Nc2ccc(N3CCCC3=O)c(C)c2)CC1=O. The van der Waals surface area contributed by atoms with Crippen LogP contribution in [0.3, 0.4) is 0 Å². The first-order valence-corrected chi connectivity index (χ1v) is 11.5. The van der Waals surface area contributed by atoms with E-state index >= 15 is 0 Å². The van der Waals surface area contributed by atoms with Crippen LogP contribution in [0.25, 0.3) is 0 Å². The van der Waals surface area contributed by atoms with Crippen molar-refractivity contribution in [2.45, 2.75) is 52.4 Å². The molecule has 2 aliphatic rings. The first kappa shape index (κ1) is 22.1. The number of hydrogen-bond acceptors (Lipinski definition) is 3. The van der Waals surface area contributed by atoms with Gasteiger partial charge in [0.25, 0.3) is 0 Å². The number of carbonyl (C=O) groups is 3. The van der Waals surface area contributed by atoms with Crippen molar-refractivity contribution in [3.8, 4) is 0 Å². The van der Waals surface area contributed by atoms with Crippen molar-refractivity contribution in [2.24, 2.45) is 5.92 Å². The highest BCUT2D eigenvalue weighted by Gasteiger charge is 2.36. The van der Waals surface area contributed by atoms with Gasteiger partial charge in [-0.3, -0.25) is 14.4 Å². The lowest BCUT2D eigenvalue weighted by Gasteiger charge is -2.23. The summed E-state index contributed by atoms with van der Waals surface area (Å²) in [6.45, 7) is 7.37. The highest BCUT2D eigenvalue weighted by Crippen LogP contribution is 2.34. The van der Waals surface area contributed by atoms with Gasteiger partial charge >= 0.3 is 0 Å². The fourth-order valence-corrected chi connectivity index (χ4v) is 4.67. The van der Waals surface area contributed by atoms with E-state index < -0.39 is 5.92 Å². The zero-order valence-electron chi connectivity index (χ0n) is 19.1. The van der Waals surface area contributed by atoms with E-state index in [-0.39, 0.29) is 24.1 Å². The van der Waals surface area contributed by atoms with E-state index in [9.17, 15) is 14.4 Å². The van der Waals surface area contributed by atoms with Crippen molar-refractivity contribution in [3.05, 3.63) is 53.6 Å². The van der Waals surface area contributed by atoms with E-state index in [1.165, 1.54) is 0 Å². The molecule has 6 nitrogen and oxygen atoms in total. The average Bonchev–Trinajstić information content (AvgIpc) is 3.39. The molecule has 168 valence electrons. The van der Waals surface area contributed by atoms with Crippen LogP contribution in [0.15, 0.2) is 42.5 Å². The fraction of sp³-hybridized carbons (Fsp3) is 0.423. The molecule has 0 saturated carbocycles. The van der Waals surface area contributed by atoms with Gasteiger partial charge in [-0.25, -0.2) is 0 Å². The Balaban J connectivity index is 1.46. The summed E-state index contributed by atoms with van der Waals surface area (Å²) in [5, 5.41) is 2.97. The van der Waals surface area contributed by atoms with E-state index in [0.717, 1.165) is 41.9 Å². The standard InChI is InChI=1S/C26H31N3O3/c1-4-17(2)21-8-5-6-9-23(21)29-16-19(15-25(29)31)26(32)27-20-11-12-22(18(3)14-20)28-13-7-10-24(28)30/h5-6,8-9,11-12,14,17,19H,4,7,10,13,15-16H2,1-3H3,(H,27,32)/t17-,19-/m1/s1. The molecule has 6 heteroatoms. The largest absolute Gasteiger partial charge is 0.326 e. The molecule has 0 unspecified atom stereocenters. The second-order valence-corrected chi connectivity index (χ2v) is 8.91. The lowest BCUT2D eigenvalue weighted by molar-refractivity contribution is -0.122. The van der Waals surface area contributed by atoms with Crippen molar-refractivity contribution in [1.29, 1.82) is 0 Å². The van der Waals surface area contributed by atoms with Crippen LogP contribution in [-0.4, -0.2) is 30.8 Å². The van der Waals surface area contributed by atoms with Crippen LogP contribution < -0.4 is 15.1 Å². The van der Waals surface area contributed by atoms with Crippen LogP contribution in [0.1, 0.15) is 56.6 Å². The predicted octanol–water partition coefficient (Wildman–Crippen LogP) is 4.63. The number of anilines is 3. The third-order valence-corrected chi connectivity index (χ3v) is 6.70. The van der Waals surface area contributed by atoms with Gasteiger partial charge in [0, 0.05) is 43.0 Å². The summed E-state index contributed by atoms with van der Waals surface area (Å²) in [4.78, 5) is 41.4. The van der Waals surface area contributed by atoms with E-state index in [1.54, 1.807) is 4.90 Å². The number of hydrogen-bond donors (Lipinski definition) is 1. The molecule has 2 aliphatic heterocycles. The van der Waals surface area contributed by atoms with E-state index in [4.69, 9.17) is 0 Å². The van der Waals surface area contributed by atoms with E-state index in [1.807, 2.05) is 48.2 Å². The summed E-state index contributed by atoms with van der Waals surface area (Å²) in [6.07, 6.45) is 2.66. The minimum Gasteiger partial charge on any atom is -0.326 e. The molecular formula is C26H31N3O3. The van der Waals surface area contributed by atoms with Gasteiger partial charge in [0.05, 0.1) is 5.92 Å². The monoisotopic (exact) mass is 433 g/mol. The molecule has 2 aromatic carbocycles. The normalized spacial score (nSPS) is 19.5. The molecule has 2 atom stereocenters. The zero-order chi connectivity index (χ0) is 22.8. The fourth-order valence-electron chi connectivity index (χ4n) is 4.67. The summed E-state index contributed by atoms with van der Waals surface area (Å²) in [5.41, 5.74) is 4.59. The van der Waals surface area contributed by atoms with Crippen LogP contribution in [0, 0.1) is 12.8 Å². The van der Waals surface area contributed by atoms with Crippen LogP contribution in [-0.2, 0) is 14.4 Å². The molecule has 0 radical (unpaired) electrons. The Morgan fingerprint density at radius 2 is 1.88 bits per heavy atom. The number of amides is 3. The number of benzene rings is 2. The highest BCUT2D eigenvalue weighted by molar-refractivity contribution is 6.04. The van der Waals surface area contributed by atoms with Crippen molar-refractivity contribution in [1.82, 2.24) is 0 Å².